The number of hydrogen-bond acceptors (Lipinski definition) is 4. The Morgan fingerprint density at radius 2 is 1.00 bits per heavy atom. The molecule has 1 radical (unpaired) electrons. The van der Waals surface area contributed by atoms with Crippen molar-refractivity contribution < 1.29 is 42.3 Å². The zero-order chi connectivity index (χ0) is 7.15. The predicted molar refractivity (Wildman–Crippen MR) is 25.0 cm³/mol. The van der Waals surface area contributed by atoms with Gasteiger partial charge in [-0.2, -0.15) is 0 Å². The van der Waals surface area contributed by atoms with Crippen LogP contribution in [0, 0.1) is 0 Å². The second kappa shape index (κ2) is 15.8. The minimum atomic E-state index is -1.08. The van der Waals surface area contributed by atoms with Gasteiger partial charge in [0.05, 0.1) is 0 Å². The van der Waals surface area contributed by atoms with Crippen LogP contribution < -0.4 is 10.2 Å². The number of rotatable bonds is 0. The molecule has 0 saturated carbocycles. The number of carbonyl (C=O) groups is 2. The van der Waals surface area contributed by atoms with Crippen LogP contribution in [-0.4, -0.2) is 17.4 Å². The zero-order valence-corrected chi connectivity index (χ0v) is 6.38. The Morgan fingerprint density at radius 1 is 1.00 bits per heavy atom. The van der Waals surface area contributed by atoms with Gasteiger partial charge in [-0.3, -0.25) is 0 Å². The molecular formula is C4H8CuO5-2. The maximum Gasteiger partial charge on any atom is 0.0383 e. The maximum absolute atomic E-state index is 8.89. The Bertz CT molecular complexity index is 71.6. The molecule has 0 aromatic heterocycles. The van der Waals surface area contributed by atoms with Gasteiger partial charge in [-0.15, -0.1) is 0 Å². The second-order valence-corrected chi connectivity index (χ2v) is 0.983. The van der Waals surface area contributed by atoms with Gasteiger partial charge in [0.2, 0.25) is 0 Å². The standard InChI is InChI=1S/2C2H4O2.Cu.H2O/c2*1-2(3)4;;/h2*1H3,(H,3,4);;1H2/p-2. The number of hydrogen-bond donors (Lipinski definition) is 0. The molecule has 0 spiro atoms. The van der Waals surface area contributed by atoms with Crippen molar-refractivity contribution in [3.63, 3.8) is 0 Å². The van der Waals surface area contributed by atoms with Crippen molar-refractivity contribution in [2.24, 2.45) is 0 Å². The molecule has 0 bridgehead atoms. The van der Waals surface area contributed by atoms with E-state index in [1.807, 2.05) is 0 Å². The molecule has 0 aliphatic heterocycles. The average Bonchev–Trinajstić information content (AvgIpc) is 1.25. The first-order valence-corrected chi connectivity index (χ1v) is 1.82. The van der Waals surface area contributed by atoms with Crippen LogP contribution in [0.5, 0.6) is 0 Å². The summed E-state index contributed by atoms with van der Waals surface area (Å²) < 4.78 is 0. The first kappa shape index (κ1) is 22.7. The summed E-state index contributed by atoms with van der Waals surface area (Å²) in [6, 6.07) is 0. The monoisotopic (exact) mass is 199 g/mol. The summed E-state index contributed by atoms with van der Waals surface area (Å²) in [7, 11) is 0. The molecule has 67 valence electrons. The van der Waals surface area contributed by atoms with Gasteiger partial charge in [-0.25, -0.2) is 0 Å². The van der Waals surface area contributed by atoms with Crippen LogP contribution in [0.3, 0.4) is 0 Å². The van der Waals surface area contributed by atoms with Crippen molar-refractivity contribution in [2.45, 2.75) is 13.8 Å². The minimum absolute atomic E-state index is 0. The maximum atomic E-state index is 8.89. The molecule has 6 heteroatoms. The Morgan fingerprint density at radius 3 is 1.00 bits per heavy atom. The van der Waals surface area contributed by atoms with Crippen LogP contribution in [-0.2, 0) is 26.7 Å². The van der Waals surface area contributed by atoms with E-state index >= 15 is 0 Å². The first-order chi connectivity index (χ1) is 3.46. The molecule has 10 heavy (non-hydrogen) atoms. The van der Waals surface area contributed by atoms with Gasteiger partial charge >= 0.3 is 0 Å². The Hall–Kier alpha value is -0.581. The van der Waals surface area contributed by atoms with E-state index in [0.717, 1.165) is 13.8 Å². The molecular weight excluding hydrogens is 192 g/mol. The predicted octanol–water partition coefficient (Wildman–Crippen LogP) is -3.31. The Balaban J connectivity index is -0.0000000300. The fraction of sp³-hybridized carbons (Fsp3) is 0.500. The summed E-state index contributed by atoms with van der Waals surface area (Å²) in [5.41, 5.74) is 0. The van der Waals surface area contributed by atoms with Gasteiger partial charge < -0.3 is 25.3 Å². The third-order valence-corrected chi connectivity index (χ3v) is 0. The number of carboxylic acids is 2. The van der Waals surface area contributed by atoms with Crippen molar-refractivity contribution in [3.8, 4) is 0 Å². The summed E-state index contributed by atoms with van der Waals surface area (Å²) in [5.74, 6) is -2.17. The van der Waals surface area contributed by atoms with Crippen molar-refractivity contribution in [2.75, 3.05) is 0 Å². The van der Waals surface area contributed by atoms with Crippen LogP contribution in [0.1, 0.15) is 13.8 Å². The molecule has 0 aromatic rings. The van der Waals surface area contributed by atoms with E-state index in [1.165, 1.54) is 0 Å². The van der Waals surface area contributed by atoms with Crippen LogP contribution >= 0.6 is 0 Å². The van der Waals surface area contributed by atoms with E-state index in [0.29, 0.717) is 0 Å². The molecule has 0 aliphatic rings. The van der Waals surface area contributed by atoms with Gasteiger partial charge in [0, 0.05) is 29.0 Å². The van der Waals surface area contributed by atoms with Crippen LogP contribution in [0.25, 0.3) is 0 Å². The van der Waals surface area contributed by atoms with Crippen LogP contribution in [0.2, 0.25) is 0 Å². The molecule has 0 amide bonds. The first-order valence-electron chi connectivity index (χ1n) is 1.82. The molecule has 0 heterocycles. The fourth-order valence-corrected chi connectivity index (χ4v) is 0. The fourth-order valence-electron chi connectivity index (χ4n) is 0. The molecule has 0 aromatic carbocycles. The normalized spacial score (nSPS) is 5.00. The Kier molecular flexibility index (Phi) is 35.9. The summed E-state index contributed by atoms with van der Waals surface area (Å²) in [5, 5.41) is 17.8. The van der Waals surface area contributed by atoms with Gasteiger partial charge in [0.1, 0.15) is 0 Å². The number of carboxylic acid groups (broad SMARTS) is 2. The molecule has 5 nitrogen and oxygen atoms in total. The van der Waals surface area contributed by atoms with E-state index in [9.17, 15) is 0 Å². The minimum Gasteiger partial charge on any atom is -0.550 e. The van der Waals surface area contributed by atoms with Gasteiger partial charge in [-0.05, 0) is 13.8 Å². The van der Waals surface area contributed by atoms with Crippen molar-refractivity contribution in [3.05, 3.63) is 0 Å². The number of carbonyl (C=O) groups excluding carboxylic acids is 2. The zero-order valence-electron chi connectivity index (χ0n) is 5.43. The summed E-state index contributed by atoms with van der Waals surface area (Å²) in [6.07, 6.45) is 0. The Labute approximate surface area is 68.8 Å². The van der Waals surface area contributed by atoms with Gasteiger partial charge in [0.15, 0.2) is 0 Å². The van der Waals surface area contributed by atoms with Gasteiger partial charge in [0.25, 0.3) is 0 Å². The third kappa shape index (κ3) is 907. The molecule has 0 saturated heterocycles. The SMILES string of the molecule is CC(=O)[O-].CC(=O)[O-].O.[Cu]. The third-order valence-electron chi connectivity index (χ3n) is 0. The van der Waals surface area contributed by atoms with E-state index in [4.69, 9.17) is 19.8 Å². The topological polar surface area (TPSA) is 112 Å². The largest absolute Gasteiger partial charge is 0.550 e. The van der Waals surface area contributed by atoms with Crippen molar-refractivity contribution in [1.29, 1.82) is 0 Å². The van der Waals surface area contributed by atoms with Crippen molar-refractivity contribution >= 4 is 11.9 Å². The molecule has 0 unspecified atom stereocenters. The molecule has 0 atom stereocenters. The molecule has 0 aliphatic carbocycles. The van der Waals surface area contributed by atoms with E-state index in [1.54, 1.807) is 0 Å². The van der Waals surface area contributed by atoms with E-state index in [-0.39, 0.29) is 22.5 Å². The van der Waals surface area contributed by atoms with E-state index < -0.39 is 11.9 Å². The van der Waals surface area contributed by atoms with Gasteiger partial charge in [-0.1, -0.05) is 0 Å². The molecule has 0 fully saturated rings. The molecule has 0 rings (SSSR count). The second-order valence-electron chi connectivity index (χ2n) is 0.983. The summed E-state index contributed by atoms with van der Waals surface area (Å²) in [6.45, 7) is 1.94. The van der Waals surface area contributed by atoms with Crippen LogP contribution in [0.4, 0.5) is 0 Å². The summed E-state index contributed by atoms with van der Waals surface area (Å²) in [4.78, 5) is 17.8. The van der Waals surface area contributed by atoms with Crippen molar-refractivity contribution in [1.82, 2.24) is 0 Å². The smallest absolute Gasteiger partial charge is 0.0383 e. The quantitative estimate of drug-likeness (QED) is 0.380. The average molecular weight is 200 g/mol. The molecule has 2 N–H and O–H groups in total. The number of aliphatic carboxylic acids is 2. The van der Waals surface area contributed by atoms with Crippen LogP contribution in [0.15, 0.2) is 0 Å². The summed E-state index contributed by atoms with van der Waals surface area (Å²) >= 11 is 0. The van der Waals surface area contributed by atoms with E-state index in [2.05, 4.69) is 0 Å².